The molecule has 1 N–H and O–H groups in total. The Kier molecular flexibility index (Phi) is 39.4. The van der Waals surface area contributed by atoms with E-state index in [9.17, 15) is 19.0 Å². The minimum Gasteiger partial charge on any atom is -0.462 e. The highest BCUT2D eigenvalue weighted by Gasteiger charge is 2.27. The zero-order valence-electron chi connectivity index (χ0n) is 38.3. The highest BCUT2D eigenvalue weighted by molar-refractivity contribution is 7.47. The normalized spacial score (nSPS) is 13.8. The van der Waals surface area contributed by atoms with Gasteiger partial charge < -0.3 is 18.9 Å². The molecule has 0 rings (SSSR count). The molecule has 2 atom stereocenters. The van der Waals surface area contributed by atoms with Gasteiger partial charge >= 0.3 is 19.8 Å². The van der Waals surface area contributed by atoms with E-state index in [0.29, 0.717) is 17.4 Å². The third-order valence-corrected chi connectivity index (χ3v) is 11.2. The van der Waals surface area contributed by atoms with E-state index >= 15 is 0 Å². The molecular formula is C48H91NO8P+. The SMILES string of the molecule is CCCCC/C=C/C/C=C/C/C=C/CCCCC(=O)O[C@H](COC(=O)CCCCCCCCCCCCCCCCCCCCC)COP(=O)(O)OCC[N+](C)(C)C. The average Bonchev–Trinajstić information content (AvgIpc) is 3.17. The summed E-state index contributed by atoms with van der Waals surface area (Å²) >= 11 is 0. The van der Waals surface area contributed by atoms with Gasteiger partial charge in [0, 0.05) is 12.8 Å². The van der Waals surface area contributed by atoms with Crippen molar-refractivity contribution in [2.45, 2.75) is 213 Å². The first-order valence-electron chi connectivity index (χ1n) is 23.7. The molecule has 0 aliphatic carbocycles. The summed E-state index contributed by atoms with van der Waals surface area (Å²) in [6, 6.07) is 0. The summed E-state index contributed by atoms with van der Waals surface area (Å²) in [5.41, 5.74) is 0. The van der Waals surface area contributed by atoms with Gasteiger partial charge in [-0.2, -0.15) is 0 Å². The van der Waals surface area contributed by atoms with E-state index in [-0.39, 0.29) is 32.0 Å². The number of hydrogen-bond donors (Lipinski definition) is 1. The zero-order chi connectivity index (χ0) is 42.8. The molecule has 0 radical (unpaired) electrons. The fourth-order valence-electron chi connectivity index (χ4n) is 6.43. The summed E-state index contributed by atoms with van der Waals surface area (Å²) in [7, 11) is 1.46. The lowest BCUT2D eigenvalue weighted by Gasteiger charge is -2.24. The monoisotopic (exact) mass is 841 g/mol. The molecule has 340 valence electrons. The third-order valence-electron chi connectivity index (χ3n) is 10.2. The number of phosphoric acid groups is 1. The number of carbonyl (C=O) groups excluding carboxylic acids is 2. The third kappa shape index (κ3) is 43.8. The van der Waals surface area contributed by atoms with E-state index in [1.54, 1.807) is 0 Å². The summed E-state index contributed by atoms with van der Waals surface area (Å²) < 4.78 is 34.3. The minimum absolute atomic E-state index is 0.0252. The van der Waals surface area contributed by atoms with Crippen LogP contribution in [0.4, 0.5) is 0 Å². The Morgan fingerprint density at radius 1 is 0.534 bits per heavy atom. The maximum Gasteiger partial charge on any atom is 0.472 e. The summed E-state index contributed by atoms with van der Waals surface area (Å²) in [5, 5.41) is 0. The van der Waals surface area contributed by atoms with E-state index in [1.807, 2.05) is 21.1 Å². The van der Waals surface area contributed by atoms with E-state index in [2.05, 4.69) is 50.3 Å². The van der Waals surface area contributed by atoms with Crippen LogP contribution in [0.25, 0.3) is 0 Å². The van der Waals surface area contributed by atoms with Crippen LogP contribution in [-0.2, 0) is 32.7 Å². The first kappa shape index (κ1) is 56.2. The maximum atomic E-state index is 12.7. The quantitative estimate of drug-likeness (QED) is 0.0213. The van der Waals surface area contributed by atoms with Crippen molar-refractivity contribution in [3.63, 3.8) is 0 Å². The molecular weight excluding hydrogens is 750 g/mol. The van der Waals surface area contributed by atoms with E-state index in [0.717, 1.165) is 51.4 Å². The maximum absolute atomic E-state index is 12.7. The van der Waals surface area contributed by atoms with Crippen LogP contribution in [-0.4, -0.2) is 74.9 Å². The predicted octanol–water partition coefficient (Wildman–Crippen LogP) is 13.7. The first-order valence-corrected chi connectivity index (χ1v) is 25.2. The van der Waals surface area contributed by atoms with Gasteiger partial charge in [0.15, 0.2) is 6.10 Å². The van der Waals surface area contributed by atoms with Crippen LogP contribution in [0.15, 0.2) is 36.5 Å². The molecule has 0 saturated heterocycles. The number of allylic oxidation sites excluding steroid dienone is 6. The Balaban J connectivity index is 4.32. The van der Waals surface area contributed by atoms with Crippen LogP contribution >= 0.6 is 7.82 Å². The van der Waals surface area contributed by atoms with Crippen LogP contribution in [0.3, 0.4) is 0 Å². The average molecular weight is 841 g/mol. The van der Waals surface area contributed by atoms with Gasteiger partial charge in [0.2, 0.25) is 0 Å². The van der Waals surface area contributed by atoms with Gasteiger partial charge in [-0.15, -0.1) is 0 Å². The first-order chi connectivity index (χ1) is 28.0. The number of phosphoric ester groups is 1. The number of quaternary nitrogens is 1. The van der Waals surface area contributed by atoms with Crippen LogP contribution < -0.4 is 0 Å². The molecule has 1 unspecified atom stereocenters. The molecule has 58 heavy (non-hydrogen) atoms. The molecule has 0 aliphatic heterocycles. The molecule has 0 fully saturated rings. The molecule has 0 amide bonds. The van der Waals surface area contributed by atoms with Crippen molar-refractivity contribution in [3.8, 4) is 0 Å². The Morgan fingerprint density at radius 2 is 0.931 bits per heavy atom. The molecule has 0 heterocycles. The van der Waals surface area contributed by atoms with Crippen molar-refractivity contribution < 1.29 is 42.1 Å². The zero-order valence-corrected chi connectivity index (χ0v) is 39.2. The van der Waals surface area contributed by atoms with Gasteiger partial charge in [0.05, 0.1) is 27.7 Å². The highest BCUT2D eigenvalue weighted by Crippen LogP contribution is 2.43. The van der Waals surface area contributed by atoms with Gasteiger partial charge in [-0.25, -0.2) is 4.57 Å². The fraction of sp³-hybridized carbons (Fsp3) is 0.833. The van der Waals surface area contributed by atoms with E-state index in [4.69, 9.17) is 18.5 Å². The number of carbonyl (C=O) groups is 2. The van der Waals surface area contributed by atoms with Crippen molar-refractivity contribution >= 4 is 19.8 Å². The number of rotatable bonds is 43. The van der Waals surface area contributed by atoms with Crippen molar-refractivity contribution in [1.82, 2.24) is 0 Å². The largest absolute Gasteiger partial charge is 0.472 e. The van der Waals surface area contributed by atoms with Crippen molar-refractivity contribution in [2.24, 2.45) is 0 Å². The van der Waals surface area contributed by atoms with Gasteiger partial charge in [0.25, 0.3) is 0 Å². The van der Waals surface area contributed by atoms with Crippen LogP contribution in [0.1, 0.15) is 206 Å². The van der Waals surface area contributed by atoms with Gasteiger partial charge in [-0.1, -0.05) is 179 Å². The van der Waals surface area contributed by atoms with Crippen molar-refractivity contribution in [1.29, 1.82) is 0 Å². The number of nitrogens with zero attached hydrogens (tertiary/aromatic N) is 1. The Hall–Kier alpha value is -1.77. The van der Waals surface area contributed by atoms with Gasteiger partial charge in [-0.05, 0) is 51.4 Å². The lowest BCUT2D eigenvalue weighted by atomic mass is 10.0. The molecule has 0 spiro atoms. The fourth-order valence-corrected chi connectivity index (χ4v) is 7.17. The lowest BCUT2D eigenvalue weighted by Crippen LogP contribution is -2.37. The number of esters is 2. The standard InChI is InChI=1S/C48H90NO8P/c1-6-8-10-12-14-16-18-20-22-23-24-25-27-28-30-32-34-36-38-40-47(50)54-44-46(45-56-58(52,53)55-43-42-49(3,4)5)57-48(51)41-39-37-35-33-31-29-26-21-19-17-15-13-11-9-7-2/h15,17,21,26,31,33,46H,6-14,16,18-20,22-25,27-30,32,34-45H2,1-5H3/p+1/b17-15+,26-21+,33-31+/t46-/m1/s1. The van der Waals surface area contributed by atoms with Gasteiger partial charge in [-0.3, -0.25) is 18.6 Å². The van der Waals surface area contributed by atoms with E-state index < -0.39 is 26.5 Å². The predicted molar refractivity (Wildman–Crippen MR) is 243 cm³/mol. The van der Waals surface area contributed by atoms with Crippen molar-refractivity contribution in [3.05, 3.63) is 36.5 Å². The second kappa shape index (κ2) is 40.6. The molecule has 0 aromatic rings. The van der Waals surface area contributed by atoms with Crippen LogP contribution in [0.2, 0.25) is 0 Å². The molecule has 0 saturated carbocycles. The van der Waals surface area contributed by atoms with Crippen molar-refractivity contribution in [2.75, 3.05) is 47.5 Å². The lowest BCUT2D eigenvalue weighted by molar-refractivity contribution is -0.870. The number of unbranched alkanes of at least 4 members (excludes halogenated alkanes) is 23. The summed E-state index contributed by atoms with van der Waals surface area (Å²) in [4.78, 5) is 35.4. The Bertz CT molecular complexity index is 1090. The summed E-state index contributed by atoms with van der Waals surface area (Å²) in [5.74, 6) is -0.836. The molecule has 0 aromatic carbocycles. The Morgan fingerprint density at radius 3 is 1.41 bits per heavy atom. The topological polar surface area (TPSA) is 108 Å². The molecule has 0 bridgehead atoms. The summed E-state index contributed by atoms with van der Waals surface area (Å²) in [6.07, 6.45) is 46.3. The Labute approximate surface area is 357 Å². The molecule has 0 aromatic heterocycles. The number of likely N-dealkylation sites (N-methyl/N-ethyl adjacent to an activating group) is 1. The van der Waals surface area contributed by atoms with E-state index in [1.165, 1.54) is 122 Å². The summed E-state index contributed by atoms with van der Waals surface area (Å²) in [6.45, 7) is 4.37. The minimum atomic E-state index is -4.38. The second-order valence-corrected chi connectivity index (χ2v) is 18.6. The van der Waals surface area contributed by atoms with Crippen LogP contribution in [0, 0.1) is 0 Å². The molecule has 0 aliphatic rings. The van der Waals surface area contributed by atoms with Gasteiger partial charge in [0.1, 0.15) is 19.8 Å². The smallest absolute Gasteiger partial charge is 0.462 e. The van der Waals surface area contributed by atoms with Crippen LogP contribution in [0.5, 0.6) is 0 Å². The number of ether oxygens (including phenoxy) is 2. The highest BCUT2D eigenvalue weighted by atomic mass is 31.2. The molecule has 10 heteroatoms. The number of hydrogen-bond acceptors (Lipinski definition) is 7. The molecule has 9 nitrogen and oxygen atoms in total. The second-order valence-electron chi connectivity index (χ2n) is 17.1.